The molecule has 1 aliphatic heterocycles. The minimum atomic E-state index is -1.27. The van der Waals surface area contributed by atoms with Gasteiger partial charge in [0.2, 0.25) is 11.8 Å². The Kier molecular flexibility index (Phi) is 2.85. The maximum Gasteiger partial charge on any atom is 0.339 e. The van der Waals surface area contributed by atoms with E-state index in [1.54, 1.807) is 0 Å². The molecule has 0 aliphatic carbocycles. The van der Waals surface area contributed by atoms with Gasteiger partial charge in [0, 0.05) is 12.8 Å². The van der Waals surface area contributed by atoms with Gasteiger partial charge in [-0.3, -0.25) is 9.59 Å². The zero-order valence-electron chi connectivity index (χ0n) is 8.64. The number of carbonyl (C=O) groups is 3. The zero-order chi connectivity index (χ0) is 12.6. The molecular formula is C11H8ClNO4. The third-order valence-electron chi connectivity index (χ3n) is 2.50. The number of rotatable bonds is 2. The second kappa shape index (κ2) is 4.18. The van der Waals surface area contributed by atoms with Gasteiger partial charge >= 0.3 is 5.97 Å². The Labute approximate surface area is 102 Å². The topological polar surface area (TPSA) is 74.7 Å². The number of imide groups is 1. The van der Waals surface area contributed by atoms with Crippen molar-refractivity contribution in [2.45, 2.75) is 12.8 Å². The molecule has 0 atom stereocenters. The summed E-state index contributed by atoms with van der Waals surface area (Å²) in [5, 5.41) is 9.05. The highest BCUT2D eigenvalue weighted by atomic mass is 35.5. The molecule has 1 fully saturated rings. The van der Waals surface area contributed by atoms with E-state index in [4.69, 9.17) is 16.7 Å². The SMILES string of the molecule is O=C(O)c1c(Cl)cccc1N1C(=O)CCC1=O. The molecule has 1 aliphatic rings. The summed E-state index contributed by atoms with van der Waals surface area (Å²) in [6, 6.07) is 4.30. The number of nitrogens with zero attached hydrogens (tertiary/aromatic N) is 1. The van der Waals surface area contributed by atoms with Gasteiger partial charge in [0.1, 0.15) is 5.56 Å². The van der Waals surface area contributed by atoms with Gasteiger partial charge in [-0.15, -0.1) is 0 Å². The van der Waals surface area contributed by atoms with Crippen LogP contribution < -0.4 is 4.90 Å². The van der Waals surface area contributed by atoms with E-state index in [1.165, 1.54) is 18.2 Å². The summed E-state index contributed by atoms with van der Waals surface area (Å²) in [6.45, 7) is 0. The van der Waals surface area contributed by atoms with Gasteiger partial charge in [-0.25, -0.2) is 9.69 Å². The number of anilines is 1. The average molecular weight is 254 g/mol. The Morgan fingerprint density at radius 2 is 1.82 bits per heavy atom. The highest BCUT2D eigenvalue weighted by Gasteiger charge is 2.33. The Morgan fingerprint density at radius 3 is 2.35 bits per heavy atom. The lowest BCUT2D eigenvalue weighted by Gasteiger charge is -2.16. The summed E-state index contributed by atoms with van der Waals surface area (Å²) < 4.78 is 0. The monoisotopic (exact) mass is 253 g/mol. The first kappa shape index (κ1) is 11.6. The molecule has 0 saturated carbocycles. The highest BCUT2D eigenvalue weighted by molar-refractivity contribution is 6.35. The molecule has 0 radical (unpaired) electrons. The number of carbonyl (C=O) groups excluding carboxylic acids is 2. The molecule has 0 spiro atoms. The third-order valence-corrected chi connectivity index (χ3v) is 2.81. The number of benzene rings is 1. The molecule has 0 unspecified atom stereocenters. The Morgan fingerprint density at radius 1 is 1.24 bits per heavy atom. The van der Waals surface area contributed by atoms with Gasteiger partial charge in [-0.1, -0.05) is 17.7 Å². The van der Waals surface area contributed by atoms with Crippen molar-refractivity contribution in [1.29, 1.82) is 0 Å². The van der Waals surface area contributed by atoms with Crippen molar-refractivity contribution in [3.8, 4) is 0 Å². The standard InChI is InChI=1S/C11H8ClNO4/c12-6-2-1-3-7(10(6)11(16)17)13-8(14)4-5-9(13)15/h1-3H,4-5H2,(H,16,17). The van der Waals surface area contributed by atoms with Gasteiger partial charge in [0.25, 0.3) is 0 Å². The van der Waals surface area contributed by atoms with Crippen LogP contribution >= 0.6 is 11.6 Å². The van der Waals surface area contributed by atoms with Gasteiger partial charge in [-0.05, 0) is 12.1 Å². The molecule has 0 bridgehead atoms. The Bertz CT molecular complexity index is 510. The van der Waals surface area contributed by atoms with E-state index < -0.39 is 17.8 Å². The van der Waals surface area contributed by atoms with E-state index >= 15 is 0 Å². The normalized spacial score (nSPS) is 15.5. The number of hydrogen-bond acceptors (Lipinski definition) is 3. The van der Waals surface area contributed by atoms with Gasteiger partial charge in [0.05, 0.1) is 10.7 Å². The van der Waals surface area contributed by atoms with E-state index in [0.717, 1.165) is 4.90 Å². The molecule has 1 N–H and O–H groups in total. The first-order valence-corrected chi connectivity index (χ1v) is 5.27. The van der Waals surface area contributed by atoms with Crippen molar-refractivity contribution >= 4 is 35.1 Å². The summed E-state index contributed by atoms with van der Waals surface area (Å²) in [4.78, 5) is 35.0. The van der Waals surface area contributed by atoms with Gasteiger partial charge in [-0.2, -0.15) is 0 Å². The molecule has 1 aromatic rings. The number of carboxylic acids is 1. The fourth-order valence-electron chi connectivity index (χ4n) is 1.76. The van der Waals surface area contributed by atoms with Crippen molar-refractivity contribution in [3.05, 3.63) is 28.8 Å². The van der Waals surface area contributed by atoms with Crippen molar-refractivity contribution in [2.24, 2.45) is 0 Å². The molecular weight excluding hydrogens is 246 g/mol. The molecule has 1 saturated heterocycles. The first-order chi connectivity index (χ1) is 8.02. The van der Waals surface area contributed by atoms with E-state index in [1.807, 2.05) is 0 Å². The fourth-order valence-corrected chi connectivity index (χ4v) is 2.01. The van der Waals surface area contributed by atoms with E-state index in [0.29, 0.717) is 0 Å². The van der Waals surface area contributed by atoms with Crippen LogP contribution in [0.25, 0.3) is 0 Å². The lowest BCUT2D eigenvalue weighted by molar-refractivity contribution is -0.121. The summed E-state index contributed by atoms with van der Waals surface area (Å²) in [6.07, 6.45) is 0.203. The van der Waals surface area contributed by atoms with Crippen LogP contribution in [-0.2, 0) is 9.59 Å². The Balaban J connectivity index is 2.59. The third kappa shape index (κ3) is 1.89. The second-order valence-corrected chi connectivity index (χ2v) is 3.97. The summed E-state index contributed by atoms with van der Waals surface area (Å²) in [5.41, 5.74) is -0.185. The molecule has 6 heteroatoms. The largest absolute Gasteiger partial charge is 0.478 e. The molecule has 88 valence electrons. The van der Waals surface area contributed by atoms with Crippen molar-refractivity contribution < 1.29 is 19.5 Å². The fraction of sp³-hybridized carbons (Fsp3) is 0.182. The zero-order valence-corrected chi connectivity index (χ0v) is 9.40. The van der Waals surface area contributed by atoms with E-state index in [9.17, 15) is 14.4 Å². The molecule has 17 heavy (non-hydrogen) atoms. The predicted molar refractivity (Wildman–Crippen MR) is 60.1 cm³/mol. The van der Waals surface area contributed by atoms with Crippen LogP contribution in [0.1, 0.15) is 23.2 Å². The Hall–Kier alpha value is -1.88. The van der Waals surface area contributed by atoms with Gasteiger partial charge < -0.3 is 5.11 Å². The van der Waals surface area contributed by atoms with Crippen LogP contribution in [0.15, 0.2) is 18.2 Å². The molecule has 5 nitrogen and oxygen atoms in total. The van der Waals surface area contributed by atoms with Crippen LogP contribution in [0.3, 0.4) is 0 Å². The van der Waals surface area contributed by atoms with Crippen LogP contribution in [-0.4, -0.2) is 22.9 Å². The van der Waals surface area contributed by atoms with Crippen LogP contribution in [0.5, 0.6) is 0 Å². The number of hydrogen-bond donors (Lipinski definition) is 1. The van der Waals surface area contributed by atoms with E-state index in [-0.39, 0.29) is 29.1 Å². The second-order valence-electron chi connectivity index (χ2n) is 3.56. The summed E-state index contributed by atoms with van der Waals surface area (Å²) in [7, 11) is 0. The smallest absolute Gasteiger partial charge is 0.339 e. The quantitative estimate of drug-likeness (QED) is 0.814. The summed E-state index contributed by atoms with van der Waals surface area (Å²) in [5.74, 6) is -2.07. The minimum Gasteiger partial charge on any atom is -0.478 e. The molecule has 2 amide bonds. The highest BCUT2D eigenvalue weighted by Crippen LogP contribution is 2.30. The van der Waals surface area contributed by atoms with Crippen molar-refractivity contribution in [1.82, 2.24) is 0 Å². The van der Waals surface area contributed by atoms with Gasteiger partial charge in [0.15, 0.2) is 0 Å². The number of halogens is 1. The summed E-state index contributed by atoms with van der Waals surface area (Å²) >= 11 is 5.77. The molecule has 1 aromatic carbocycles. The van der Waals surface area contributed by atoms with Crippen LogP contribution in [0, 0.1) is 0 Å². The maximum absolute atomic E-state index is 11.5. The molecule has 2 rings (SSSR count). The molecule has 0 aromatic heterocycles. The van der Waals surface area contributed by atoms with Crippen LogP contribution in [0.4, 0.5) is 5.69 Å². The lowest BCUT2D eigenvalue weighted by atomic mass is 10.1. The van der Waals surface area contributed by atoms with Crippen molar-refractivity contribution in [2.75, 3.05) is 4.90 Å². The lowest BCUT2D eigenvalue weighted by Crippen LogP contribution is -2.30. The maximum atomic E-state index is 11.5. The van der Waals surface area contributed by atoms with Crippen molar-refractivity contribution in [3.63, 3.8) is 0 Å². The first-order valence-electron chi connectivity index (χ1n) is 4.90. The molecule has 1 heterocycles. The average Bonchev–Trinajstić information content (AvgIpc) is 2.57. The predicted octanol–water partition coefficient (Wildman–Crippen LogP) is 1.69. The van der Waals surface area contributed by atoms with E-state index in [2.05, 4.69) is 0 Å². The number of amides is 2. The minimum absolute atomic E-state index is 0.00231. The van der Waals surface area contributed by atoms with Crippen LogP contribution in [0.2, 0.25) is 5.02 Å². The number of carboxylic acid groups (broad SMARTS) is 1. The number of aromatic carboxylic acids is 1.